The summed E-state index contributed by atoms with van der Waals surface area (Å²) < 4.78 is 25.1. The van der Waals surface area contributed by atoms with Gasteiger partial charge in [-0.3, -0.25) is 4.79 Å². The third kappa shape index (κ3) is 6.79. The first-order valence-corrected chi connectivity index (χ1v) is 9.90. The zero-order valence-electron chi connectivity index (χ0n) is 12.8. The predicted molar refractivity (Wildman–Crippen MR) is 96.7 cm³/mol. The molecule has 0 saturated carbocycles. The van der Waals surface area contributed by atoms with E-state index >= 15 is 0 Å². The maximum absolute atomic E-state index is 12.1. The molecule has 0 radical (unpaired) electrons. The van der Waals surface area contributed by atoms with Crippen molar-refractivity contribution < 1.29 is 13.2 Å². The fourth-order valence-electron chi connectivity index (χ4n) is 2.44. The van der Waals surface area contributed by atoms with Gasteiger partial charge in [-0.05, 0) is 50.1 Å². The number of hydrogen-bond acceptors (Lipinski definition) is 4. The highest BCUT2D eigenvalue weighted by Gasteiger charge is 2.16. The molecule has 8 heteroatoms. The molecule has 0 aliphatic carbocycles. The standard InChI is InChI=1S/C15H21BrN2O3S.ClH/c16-12-5-7-14(8-6-12)22(20,21)10-2-4-15(19)18-11-13-3-1-9-17-13;/h5-8,13,17H,1-4,9-11H2,(H,18,19);1H. The average Bonchev–Trinajstić information content (AvgIpc) is 2.99. The molecule has 1 aromatic carbocycles. The first-order valence-electron chi connectivity index (χ1n) is 7.46. The number of carbonyl (C=O) groups is 1. The molecule has 1 aliphatic heterocycles. The van der Waals surface area contributed by atoms with Gasteiger partial charge >= 0.3 is 0 Å². The van der Waals surface area contributed by atoms with Gasteiger partial charge in [0.1, 0.15) is 0 Å². The molecule has 0 spiro atoms. The Balaban J connectivity index is 0.00000264. The van der Waals surface area contributed by atoms with Gasteiger partial charge in [0.05, 0.1) is 10.6 Å². The Morgan fingerprint density at radius 2 is 2.00 bits per heavy atom. The predicted octanol–water partition coefficient (Wildman–Crippen LogP) is 2.29. The molecule has 1 amide bonds. The second kappa shape index (κ2) is 9.61. The minimum Gasteiger partial charge on any atom is -0.355 e. The Labute approximate surface area is 152 Å². The van der Waals surface area contributed by atoms with Crippen molar-refractivity contribution in [2.24, 2.45) is 0 Å². The van der Waals surface area contributed by atoms with Crippen LogP contribution in [0, 0.1) is 0 Å². The van der Waals surface area contributed by atoms with E-state index in [9.17, 15) is 13.2 Å². The summed E-state index contributed by atoms with van der Waals surface area (Å²) in [6.07, 6.45) is 2.80. The number of halogens is 2. The van der Waals surface area contributed by atoms with Crippen molar-refractivity contribution in [3.8, 4) is 0 Å². The first-order chi connectivity index (χ1) is 10.5. The summed E-state index contributed by atoms with van der Waals surface area (Å²) in [4.78, 5) is 12.0. The summed E-state index contributed by atoms with van der Waals surface area (Å²) in [5.41, 5.74) is 0. The molecule has 1 aromatic rings. The fraction of sp³-hybridized carbons (Fsp3) is 0.533. The minimum atomic E-state index is -3.32. The summed E-state index contributed by atoms with van der Waals surface area (Å²) in [7, 11) is -3.32. The molecule has 0 aromatic heterocycles. The topological polar surface area (TPSA) is 75.3 Å². The Morgan fingerprint density at radius 3 is 2.61 bits per heavy atom. The van der Waals surface area contributed by atoms with E-state index in [0.29, 0.717) is 23.9 Å². The van der Waals surface area contributed by atoms with Gasteiger partial charge in [0.2, 0.25) is 5.91 Å². The molecule has 1 heterocycles. The number of benzene rings is 1. The Morgan fingerprint density at radius 1 is 1.30 bits per heavy atom. The molecule has 0 bridgehead atoms. The summed E-state index contributed by atoms with van der Waals surface area (Å²) in [6.45, 7) is 1.63. The van der Waals surface area contributed by atoms with Crippen molar-refractivity contribution in [2.45, 2.75) is 36.6 Å². The van der Waals surface area contributed by atoms with Crippen LogP contribution in [-0.4, -0.2) is 39.2 Å². The first kappa shape index (κ1) is 20.4. The van der Waals surface area contributed by atoms with E-state index in [0.717, 1.165) is 23.9 Å². The molecule has 2 N–H and O–H groups in total. The van der Waals surface area contributed by atoms with E-state index < -0.39 is 9.84 Å². The van der Waals surface area contributed by atoms with E-state index in [1.165, 1.54) is 0 Å². The molecule has 2 rings (SSSR count). The molecule has 1 fully saturated rings. The molecular formula is C15H22BrClN2O3S. The Kier molecular flexibility index (Phi) is 8.53. The fourth-order valence-corrected chi connectivity index (χ4v) is 4.01. The van der Waals surface area contributed by atoms with E-state index in [1.54, 1.807) is 24.3 Å². The second-order valence-corrected chi connectivity index (χ2v) is 8.50. The van der Waals surface area contributed by atoms with E-state index in [-0.39, 0.29) is 30.5 Å². The van der Waals surface area contributed by atoms with Crippen LogP contribution in [0.3, 0.4) is 0 Å². The lowest BCUT2D eigenvalue weighted by molar-refractivity contribution is -0.121. The van der Waals surface area contributed by atoms with Gasteiger partial charge in [-0.25, -0.2) is 8.42 Å². The van der Waals surface area contributed by atoms with Crippen LogP contribution < -0.4 is 10.6 Å². The zero-order valence-corrected chi connectivity index (χ0v) is 16.0. The monoisotopic (exact) mass is 424 g/mol. The number of nitrogens with one attached hydrogen (secondary N) is 2. The lowest BCUT2D eigenvalue weighted by Crippen LogP contribution is -2.37. The maximum Gasteiger partial charge on any atom is 0.220 e. The molecule has 1 saturated heterocycles. The Hall–Kier alpha value is -0.630. The molecule has 1 unspecified atom stereocenters. The number of amides is 1. The van der Waals surface area contributed by atoms with Gasteiger partial charge in [-0.1, -0.05) is 15.9 Å². The second-order valence-electron chi connectivity index (χ2n) is 5.47. The van der Waals surface area contributed by atoms with Crippen LogP contribution in [0.5, 0.6) is 0 Å². The normalized spacial score (nSPS) is 17.5. The van der Waals surface area contributed by atoms with Crippen molar-refractivity contribution in [2.75, 3.05) is 18.8 Å². The molecule has 1 aliphatic rings. The molecule has 5 nitrogen and oxygen atoms in total. The average molecular weight is 426 g/mol. The van der Waals surface area contributed by atoms with Gasteiger partial charge < -0.3 is 10.6 Å². The maximum atomic E-state index is 12.1. The van der Waals surface area contributed by atoms with Gasteiger partial charge in [-0.2, -0.15) is 0 Å². The van der Waals surface area contributed by atoms with E-state index in [1.807, 2.05) is 0 Å². The van der Waals surface area contributed by atoms with Crippen LogP contribution in [0.25, 0.3) is 0 Å². The molecule has 130 valence electrons. The Bertz CT molecular complexity index is 602. The quantitative estimate of drug-likeness (QED) is 0.703. The van der Waals surface area contributed by atoms with Crippen LogP contribution in [0.1, 0.15) is 25.7 Å². The smallest absolute Gasteiger partial charge is 0.220 e. The number of sulfone groups is 1. The number of hydrogen-bond donors (Lipinski definition) is 2. The minimum absolute atomic E-state index is 0. The summed E-state index contributed by atoms with van der Waals surface area (Å²) in [5.74, 6) is -0.0938. The summed E-state index contributed by atoms with van der Waals surface area (Å²) >= 11 is 3.28. The van der Waals surface area contributed by atoms with Crippen molar-refractivity contribution in [1.82, 2.24) is 10.6 Å². The van der Waals surface area contributed by atoms with E-state index in [4.69, 9.17) is 0 Å². The van der Waals surface area contributed by atoms with Crippen LogP contribution >= 0.6 is 28.3 Å². The van der Waals surface area contributed by atoms with Crippen LogP contribution in [0.15, 0.2) is 33.6 Å². The van der Waals surface area contributed by atoms with Crippen LogP contribution in [0.4, 0.5) is 0 Å². The van der Waals surface area contributed by atoms with Gasteiger partial charge in [0.25, 0.3) is 0 Å². The van der Waals surface area contributed by atoms with Crippen molar-refractivity contribution >= 4 is 44.1 Å². The van der Waals surface area contributed by atoms with Crippen LogP contribution in [-0.2, 0) is 14.6 Å². The third-order valence-electron chi connectivity index (χ3n) is 3.70. The van der Waals surface area contributed by atoms with Gasteiger partial charge in [0, 0.05) is 23.5 Å². The van der Waals surface area contributed by atoms with Crippen molar-refractivity contribution in [1.29, 1.82) is 0 Å². The van der Waals surface area contributed by atoms with E-state index in [2.05, 4.69) is 26.6 Å². The highest BCUT2D eigenvalue weighted by atomic mass is 79.9. The lowest BCUT2D eigenvalue weighted by atomic mass is 10.2. The molecule has 1 atom stereocenters. The third-order valence-corrected chi connectivity index (χ3v) is 6.04. The highest BCUT2D eigenvalue weighted by molar-refractivity contribution is 9.10. The lowest BCUT2D eigenvalue weighted by Gasteiger charge is -2.11. The summed E-state index contributed by atoms with van der Waals surface area (Å²) in [6, 6.07) is 6.91. The largest absolute Gasteiger partial charge is 0.355 e. The highest BCUT2D eigenvalue weighted by Crippen LogP contribution is 2.16. The number of carbonyl (C=O) groups excluding carboxylic acids is 1. The van der Waals surface area contributed by atoms with Gasteiger partial charge in [-0.15, -0.1) is 12.4 Å². The molecular weight excluding hydrogens is 404 g/mol. The van der Waals surface area contributed by atoms with Crippen molar-refractivity contribution in [3.05, 3.63) is 28.7 Å². The summed E-state index contributed by atoms with van der Waals surface area (Å²) in [5, 5.41) is 6.16. The molecule has 23 heavy (non-hydrogen) atoms. The van der Waals surface area contributed by atoms with Crippen LogP contribution in [0.2, 0.25) is 0 Å². The van der Waals surface area contributed by atoms with Gasteiger partial charge in [0.15, 0.2) is 9.84 Å². The SMILES string of the molecule is Cl.O=C(CCCS(=O)(=O)c1ccc(Br)cc1)NCC1CCCN1. The van der Waals surface area contributed by atoms with Crippen molar-refractivity contribution in [3.63, 3.8) is 0 Å². The number of rotatable bonds is 7. The zero-order chi connectivity index (χ0) is 16.0.